The average Bonchev–Trinajstić information content (AvgIpc) is 2.79. The molecule has 7 nitrogen and oxygen atoms in total. The zero-order valence-corrected chi connectivity index (χ0v) is 18.0. The summed E-state index contributed by atoms with van der Waals surface area (Å²) < 4.78 is 33.8. The van der Waals surface area contributed by atoms with Gasteiger partial charge in [-0.2, -0.15) is 0 Å². The van der Waals surface area contributed by atoms with Gasteiger partial charge in [0, 0.05) is 13.6 Å². The summed E-state index contributed by atoms with van der Waals surface area (Å²) in [6, 6.07) is 23.2. The monoisotopic (exact) mass is 434 g/mol. The quantitative estimate of drug-likeness (QED) is 0.472. The first-order valence-electron chi connectivity index (χ1n) is 9.65. The third-order valence-electron chi connectivity index (χ3n) is 4.75. The molecular formula is C23H22N4O3S. The number of fused-ring (bicyclic) bond motifs is 1. The fourth-order valence-corrected chi connectivity index (χ4v) is 4.26. The summed E-state index contributed by atoms with van der Waals surface area (Å²) in [4.78, 5) is 11.3. The summed E-state index contributed by atoms with van der Waals surface area (Å²) >= 11 is 0. The Morgan fingerprint density at radius 3 is 2.29 bits per heavy atom. The lowest BCUT2D eigenvalue weighted by Crippen LogP contribution is -2.22. The zero-order valence-electron chi connectivity index (χ0n) is 17.2. The fraction of sp³-hybridized carbons (Fsp3) is 0.130. The third-order valence-corrected chi connectivity index (χ3v) is 6.11. The van der Waals surface area contributed by atoms with E-state index in [0.29, 0.717) is 23.4 Å². The topological polar surface area (TPSA) is 84.4 Å². The lowest BCUT2D eigenvalue weighted by molar-refractivity contribution is 0.414. The molecule has 158 valence electrons. The van der Waals surface area contributed by atoms with Crippen LogP contribution >= 0.6 is 0 Å². The number of hydrogen-bond donors (Lipinski definition) is 1. The van der Waals surface area contributed by atoms with Gasteiger partial charge in [0.05, 0.1) is 23.0 Å². The van der Waals surface area contributed by atoms with Gasteiger partial charge in [0.1, 0.15) is 5.75 Å². The van der Waals surface area contributed by atoms with E-state index in [9.17, 15) is 8.42 Å². The molecule has 1 N–H and O–H groups in total. The molecule has 4 aromatic rings. The highest BCUT2D eigenvalue weighted by atomic mass is 32.2. The maximum atomic E-state index is 12.9. The van der Waals surface area contributed by atoms with E-state index in [0.717, 1.165) is 11.3 Å². The molecule has 0 unspecified atom stereocenters. The largest absolute Gasteiger partial charge is 0.497 e. The first-order chi connectivity index (χ1) is 15.0. The van der Waals surface area contributed by atoms with Crippen molar-refractivity contribution in [3.63, 3.8) is 0 Å². The van der Waals surface area contributed by atoms with Crippen LogP contribution in [0.4, 0.5) is 11.6 Å². The van der Waals surface area contributed by atoms with Gasteiger partial charge in [0.15, 0.2) is 11.6 Å². The molecule has 0 amide bonds. The molecule has 0 saturated carbocycles. The molecule has 1 heterocycles. The number of methoxy groups -OCH3 is 1. The fourth-order valence-electron chi connectivity index (χ4n) is 3.23. The lowest BCUT2D eigenvalue weighted by atomic mass is 10.2. The average molecular weight is 435 g/mol. The number of benzene rings is 3. The second-order valence-electron chi connectivity index (χ2n) is 7.01. The lowest BCUT2D eigenvalue weighted by Gasteiger charge is -2.22. The van der Waals surface area contributed by atoms with Crippen molar-refractivity contribution in [1.29, 1.82) is 0 Å². The SMILES string of the molecule is COc1cccc(CN(C)c2nc3ccccc3nc2NS(=O)(=O)c2ccccc2)c1. The van der Waals surface area contributed by atoms with Gasteiger partial charge in [-0.05, 0) is 42.0 Å². The van der Waals surface area contributed by atoms with Crippen LogP contribution in [-0.2, 0) is 16.6 Å². The summed E-state index contributed by atoms with van der Waals surface area (Å²) in [6.07, 6.45) is 0. The van der Waals surface area contributed by atoms with Crippen LogP contribution in [0.25, 0.3) is 11.0 Å². The van der Waals surface area contributed by atoms with Crippen LogP contribution < -0.4 is 14.4 Å². The first kappa shape index (κ1) is 20.6. The van der Waals surface area contributed by atoms with E-state index in [1.54, 1.807) is 31.4 Å². The third kappa shape index (κ3) is 4.59. The number of para-hydroxylation sites is 2. The van der Waals surface area contributed by atoms with Crippen LogP contribution in [0.3, 0.4) is 0 Å². The van der Waals surface area contributed by atoms with E-state index in [2.05, 4.69) is 9.71 Å². The van der Waals surface area contributed by atoms with Crippen LogP contribution in [0.5, 0.6) is 5.75 Å². The smallest absolute Gasteiger partial charge is 0.263 e. The Kier molecular flexibility index (Phi) is 5.73. The second kappa shape index (κ2) is 8.61. The Hall–Kier alpha value is -3.65. The van der Waals surface area contributed by atoms with Gasteiger partial charge in [-0.25, -0.2) is 18.4 Å². The van der Waals surface area contributed by atoms with Crippen LogP contribution in [0.1, 0.15) is 5.56 Å². The van der Waals surface area contributed by atoms with Gasteiger partial charge in [-0.15, -0.1) is 0 Å². The predicted octanol–water partition coefficient (Wildman–Crippen LogP) is 4.08. The minimum Gasteiger partial charge on any atom is -0.497 e. The maximum absolute atomic E-state index is 12.9. The van der Waals surface area contributed by atoms with Gasteiger partial charge < -0.3 is 9.64 Å². The van der Waals surface area contributed by atoms with Gasteiger partial charge in [0.2, 0.25) is 0 Å². The Balaban J connectivity index is 1.74. The first-order valence-corrected chi connectivity index (χ1v) is 11.1. The predicted molar refractivity (Wildman–Crippen MR) is 122 cm³/mol. The molecule has 0 atom stereocenters. The van der Waals surface area contributed by atoms with Gasteiger partial charge >= 0.3 is 0 Å². The highest BCUT2D eigenvalue weighted by molar-refractivity contribution is 7.92. The van der Waals surface area contributed by atoms with Crippen molar-refractivity contribution >= 4 is 32.7 Å². The zero-order chi connectivity index (χ0) is 21.8. The number of hydrogen-bond acceptors (Lipinski definition) is 6. The molecule has 8 heteroatoms. The van der Waals surface area contributed by atoms with Crippen molar-refractivity contribution in [2.24, 2.45) is 0 Å². The Labute approximate surface area is 181 Å². The van der Waals surface area contributed by atoms with Crippen molar-refractivity contribution in [3.05, 3.63) is 84.4 Å². The Bertz CT molecular complexity index is 1310. The summed E-state index contributed by atoms with van der Waals surface area (Å²) in [6.45, 7) is 0.490. The molecule has 31 heavy (non-hydrogen) atoms. The molecule has 0 saturated heterocycles. The number of sulfonamides is 1. The minimum atomic E-state index is -3.82. The van der Waals surface area contributed by atoms with Crippen molar-refractivity contribution in [2.45, 2.75) is 11.4 Å². The normalized spacial score (nSPS) is 11.3. The number of nitrogens with one attached hydrogen (secondary N) is 1. The molecule has 0 aliphatic rings. The van der Waals surface area contributed by atoms with E-state index < -0.39 is 10.0 Å². The van der Waals surface area contributed by atoms with Crippen molar-refractivity contribution in [1.82, 2.24) is 9.97 Å². The summed E-state index contributed by atoms with van der Waals surface area (Å²) in [5, 5.41) is 0. The van der Waals surface area contributed by atoms with Crippen molar-refractivity contribution in [3.8, 4) is 5.75 Å². The number of ether oxygens (including phenoxy) is 1. The highest BCUT2D eigenvalue weighted by Crippen LogP contribution is 2.28. The molecular weight excluding hydrogens is 412 g/mol. The molecule has 1 aromatic heterocycles. The Morgan fingerprint density at radius 2 is 1.58 bits per heavy atom. The van der Waals surface area contributed by atoms with Gasteiger partial charge in [-0.1, -0.05) is 42.5 Å². The van der Waals surface area contributed by atoms with E-state index in [1.807, 2.05) is 54.4 Å². The summed E-state index contributed by atoms with van der Waals surface area (Å²) in [7, 11) is -0.356. The summed E-state index contributed by atoms with van der Waals surface area (Å²) in [5.41, 5.74) is 2.28. The standard InChI is InChI=1S/C23H22N4O3S/c1-27(16-17-9-8-10-18(15-17)30-2)23-22(24-20-13-6-7-14-21(20)25-23)26-31(28,29)19-11-4-3-5-12-19/h3-15H,16H2,1-2H3,(H,24,26). The van der Waals surface area contributed by atoms with Crippen LogP contribution in [0, 0.1) is 0 Å². The van der Waals surface area contributed by atoms with E-state index in [1.165, 1.54) is 12.1 Å². The molecule has 3 aromatic carbocycles. The molecule has 0 aliphatic heterocycles. The van der Waals surface area contributed by atoms with E-state index in [4.69, 9.17) is 9.72 Å². The van der Waals surface area contributed by atoms with Crippen molar-refractivity contribution < 1.29 is 13.2 Å². The minimum absolute atomic E-state index is 0.159. The number of nitrogens with zero attached hydrogens (tertiary/aromatic N) is 3. The molecule has 0 radical (unpaired) electrons. The molecule has 0 spiro atoms. The van der Waals surface area contributed by atoms with Crippen LogP contribution in [-0.4, -0.2) is 32.5 Å². The number of anilines is 2. The van der Waals surface area contributed by atoms with Gasteiger partial charge in [-0.3, -0.25) is 4.72 Å². The second-order valence-corrected chi connectivity index (χ2v) is 8.69. The number of aromatic nitrogens is 2. The summed E-state index contributed by atoms with van der Waals surface area (Å²) in [5.74, 6) is 1.36. The molecule has 0 bridgehead atoms. The van der Waals surface area contributed by atoms with E-state index >= 15 is 0 Å². The molecule has 0 aliphatic carbocycles. The molecule has 0 fully saturated rings. The molecule has 4 rings (SSSR count). The maximum Gasteiger partial charge on any atom is 0.263 e. The van der Waals surface area contributed by atoms with Crippen LogP contribution in [0.15, 0.2) is 83.8 Å². The Morgan fingerprint density at radius 1 is 0.903 bits per heavy atom. The van der Waals surface area contributed by atoms with E-state index in [-0.39, 0.29) is 10.7 Å². The van der Waals surface area contributed by atoms with Crippen LogP contribution in [0.2, 0.25) is 0 Å². The van der Waals surface area contributed by atoms with Crippen molar-refractivity contribution in [2.75, 3.05) is 23.8 Å². The van der Waals surface area contributed by atoms with Gasteiger partial charge in [0.25, 0.3) is 10.0 Å². The highest BCUT2D eigenvalue weighted by Gasteiger charge is 2.20. The number of rotatable bonds is 7.